The lowest BCUT2D eigenvalue weighted by atomic mass is 10.0. The molecule has 1 aliphatic rings. The highest BCUT2D eigenvalue weighted by Gasteiger charge is 2.26. The molecule has 16 heavy (non-hydrogen) atoms. The molecular weight excluding hydrogens is 202 g/mol. The average molecular weight is 229 g/mol. The van der Waals surface area contributed by atoms with E-state index in [4.69, 9.17) is 0 Å². The van der Waals surface area contributed by atoms with Gasteiger partial charge in [-0.25, -0.2) is 0 Å². The molecule has 0 aliphatic carbocycles. The second kappa shape index (κ2) is 6.55. The third-order valence-corrected chi connectivity index (χ3v) is 3.53. The minimum absolute atomic E-state index is 0.160. The zero-order valence-corrected chi connectivity index (χ0v) is 11.0. The lowest BCUT2D eigenvalue weighted by Crippen LogP contribution is -2.56. The maximum atomic E-state index is 9.35. The fraction of sp³-hybridized carbons (Fsp3) is 1.00. The third kappa shape index (κ3) is 4.01. The van der Waals surface area contributed by atoms with Crippen molar-refractivity contribution in [2.75, 3.05) is 52.9 Å². The van der Waals surface area contributed by atoms with Crippen LogP contribution in [-0.4, -0.2) is 73.4 Å². The molecule has 0 aromatic carbocycles. The Hall–Kier alpha value is -0.160. The predicted molar refractivity (Wildman–Crippen MR) is 67.7 cm³/mol. The third-order valence-electron chi connectivity index (χ3n) is 3.53. The van der Waals surface area contributed by atoms with Crippen molar-refractivity contribution < 1.29 is 5.11 Å². The fourth-order valence-corrected chi connectivity index (χ4v) is 2.19. The van der Waals surface area contributed by atoms with Crippen LogP contribution in [-0.2, 0) is 0 Å². The van der Waals surface area contributed by atoms with E-state index >= 15 is 0 Å². The highest BCUT2D eigenvalue weighted by Crippen LogP contribution is 2.09. The zero-order valence-electron chi connectivity index (χ0n) is 11.0. The van der Waals surface area contributed by atoms with Crippen LogP contribution in [0.5, 0.6) is 0 Å². The van der Waals surface area contributed by atoms with Crippen LogP contribution in [0.4, 0.5) is 0 Å². The second-order valence-electron chi connectivity index (χ2n) is 5.09. The van der Waals surface area contributed by atoms with Crippen LogP contribution >= 0.6 is 0 Å². The van der Waals surface area contributed by atoms with Crippen molar-refractivity contribution in [1.82, 2.24) is 15.1 Å². The normalized spacial score (nSPS) is 23.2. The molecule has 1 heterocycles. The Kier molecular flexibility index (Phi) is 5.69. The molecular formula is C12H27N3O. The first-order valence-electron chi connectivity index (χ1n) is 6.38. The van der Waals surface area contributed by atoms with Crippen LogP contribution < -0.4 is 5.32 Å². The highest BCUT2D eigenvalue weighted by atomic mass is 16.3. The van der Waals surface area contributed by atoms with Gasteiger partial charge in [-0.05, 0) is 26.9 Å². The monoisotopic (exact) mass is 229 g/mol. The van der Waals surface area contributed by atoms with Gasteiger partial charge in [0.2, 0.25) is 0 Å². The summed E-state index contributed by atoms with van der Waals surface area (Å²) in [4.78, 5) is 4.96. The van der Waals surface area contributed by atoms with Gasteiger partial charge in [0.1, 0.15) is 0 Å². The van der Waals surface area contributed by atoms with Crippen LogP contribution in [0.15, 0.2) is 0 Å². The van der Waals surface area contributed by atoms with Gasteiger partial charge in [0, 0.05) is 32.7 Å². The smallest absolute Gasteiger partial charge is 0.0623 e. The number of hydrogen-bond donors (Lipinski definition) is 2. The summed E-state index contributed by atoms with van der Waals surface area (Å²) in [5.74, 6) is 0. The van der Waals surface area contributed by atoms with Gasteiger partial charge in [-0.1, -0.05) is 6.92 Å². The summed E-state index contributed by atoms with van der Waals surface area (Å²) in [6.45, 7) is 11.2. The molecule has 0 saturated carbocycles. The van der Waals surface area contributed by atoms with Gasteiger partial charge in [0.25, 0.3) is 0 Å². The summed E-state index contributed by atoms with van der Waals surface area (Å²) >= 11 is 0. The minimum atomic E-state index is -0.160. The Morgan fingerprint density at radius 1 is 1.19 bits per heavy atom. The van der Waals surface area contributed by atoms with Gasteiger partial charge in [0.05, 0.1) is 12.1 Å². The van der Waals surface area contributed by atoms with Crippen molar-refractivity contribution in [2.45, 2.75) is 25.8 Å². The van der Waals surface area contributed by atoms with Crippen molar-refractivity contribution in [3.63, 3.8) is 0 Å². The largest absolute Gasteiger partial charge is 0.394 e. The first-order chi connectivity index (χ1) is 7.63. The average Bonchev–Trinajstić information content (AvgIpc) is 2.32. The van der Waals surface area contributed by atoms with E-state index in [1.54, 1.807) is 0 Å². The van der Waals surface area contributed by atoms with E-state index in [0.29, 0.717) is 0 Å². The van der Waals surface area contributed by atoms with Crippen molar-refractivity contribution >= 4 is 0 Å². The molecule has 1 atom stereocenters. The van der Waals surface area contributed by atoms with Gasteiger partial charge in [-0.3, -0.25) is 4.90 Å². The van der Waals surface area contributed by atoms with E-state index in [-0.39, 0.29) is 12.1 Å². The zero-order chi connectivity index (χ0) is 12.0. The van der Waals surface area contributed by atoms with Crippen LogP contribution in [0.25, 0.3) is 0 Å². The first kappa shape index (κ1) is 13.9. The summed E-state index contributed by atoms with van der Waals surface area (Å²) in [7, 11) is 1.92. The fourth-order valence-electron chi connectivity index (χ4n) is 2.19. The lowest BCUT2D eigenvalue weighted by molar-refractivity contribution is 0.0820. The maximum absolute atomic E-state index is 9.35. The standard InChI is InChI=1S/C12H27N3O/c1-4-5-14-6-8-15(9-7-14)10-12(2,11-16)13-3/h13,16H,4-11H2,1-3H3. The maximum Gasteiger partial charge on any atom is 0.0623 e. The van der Waals surface area contributed by atoms with Crippen LogP contribution in [0, 0.1) is 0 Å². The van der Waals surface area contributed by atoms with E-state index in [2.05, 4.69) is 29.0 Å². The van der Waals surface area contributed by atoms with Crippen LogP contribution in [0.1, 0.15) is 20.3 Å². The summed E-state index contributed by atoms with van der Waals surface area (Å²) in [6.07, 6.45) is 1.24. The molecule has 0 spiro atoms. The summed E-state index contributed by atoms with van der Waals surface area (Å²) in [5.41, 5.74) is -0.160. The molecule has 1 saturated heterocycles. The molecule has 1 fully saturated rings. The van der Waals surface area contributed by atoms with Crippen LogP contribution in [0.2, 0.25) is 0 Å². The minimum Gasteiger partial charge on any atom is -0.394 e. The molecule has 4 nitrogen and oxygen atoms in total. The quantitative estimate of drug-likeness (QED) is 0.672. The Bertz CT molecular complexity index is 187. The number of rotatable bonds is 6. The number of aliphatic hydroxyl groups excluding tert-OH is 1. The molecule has 1 rings (SSSR count). The van der Waals surface area contributed by atoms with Crippen molar-refractivity contribution in [3.8, 4) is 0 Å². The lowest BCUT2D eigenvalue weighted by Gasteiger charge is -2.39. The second-order valence-corrected chi connectivity index (χ2v) is 5.09. The molecule has 0 bridgehead atoms. The predicted octanol–water partition coefficient (Wildman–Crippen LogP) is -0.0156. The first-order valence-corrected chi connectivity index (χ1v) is 6.38. The van der Waals surface area contributed by atoms with E-state index in [1.807, 2.05) is 7.05 Å². The van der Waals surface area contributed by atoms with Gasteiger partial charge in [-0.2, -0.15) is 0 Å². The molecule has 2 N–H and O–H groups in total. The summed E-state index contributed by atoms with van der Waals surface area (Å²) in [6, 6.07) is 0. The molecule has 0 amide bonds. The van der Waals surface area contributed by atoms with Crippen molar-refractivity contribution in [3.05, 3.63) is 0 Å². The summed E-state index contributed by atoms with van der Waals surface area (Å²) < 4.78 is 0. The molecule has 4 heteroatoms. The highest BCUT2D eigenvalue weighted by molar-refractivity contribution is 4.86. The van der Waals surface area contributed by atoms with Gasteiger partial charge >= 0.3 is 0 Å². The number of piperazine rings is 1. The van der Waals surface area contributed by atoms with Crippen LogP contribution in [0.3, 0.4) is 0 Å². The van der Waals surface area contributed by atoms with Gasteiger partial charge < -0.3 is 15.3 Å². The number of likely N-dealkylation sites (N-methyl/N-ethyl adjacent to an activating group) is 1. The molecule has 96 valence electrons. The Balaban J connectivity index is 2.31. The van der Waals surface area contributed by atoms with Gasteiger partial charge in [-0.15, -0.1) is 0 Å². The van der Waals surface area contributed by atoms with E-state index in [9.17, 15) is 5.11 Å². The van der Waals surface area contributed by atoms with Crippen molar-refractivity contribution in [1.29, 1.82) is 0 Å². The summed E-state index contributed by atoms with van der Waals surface area (Å²) in [5, 5.41) is 12.6. The molecule has 0 radical (unpaired) electrons. The Labute approximate surface area is 99.6 Å². The van der Waals surface area contributed by atoms with E-state index in [0.717, 1.165) is 19.6 Å². The SMILES string of the molecule is CCCN1CCN(CC(C)(CO)NC)CC1. The molecule has 1 unspecified atom stereocenters. The Morgan fingerprint density at radius 2 is 1.75 bits per heavy atom. The number of nitrogens with zero attached hydrogens (tertiary/aromatic N) is 2. The number of nitrogens with one attached hydrogen (secondary N) is 1. The molecule has 0 aromatic rings. The Morgan fingerprint density at radius 3 is 2.19 bits per heavy atom. The van der Waals surface area contributed by atoms with E-state index < -0.39 is 0 Å². The van der Waals surface area contributed by atoms with E-state index in [1.165, 1.54) is 26.1 Å². The molecule has 0 aromatic heterocycles. The topological polar surface area (TPSA) is 38.7 Å². The van der Waals surface area contributed by atoms with Crippen molar-refractivity contribution in [2.24, 2.45) is 0 Å². The van der Waals surface area contributed by atoms with Gasteiger partial charge in [0.15, 0.2) is 0 Å². The molecule has 1 aliphatic heterocycles. The number of hydrogen-bond acceptors (Lipinski definition) is 4. The number of aliphatic hydroxyl groups is 1.